The Morgan fingerprint density at radius 3 is 1.12 bits per heavy atom. The van der Waals surface area contributed by atoms with Crippen molar-refractivity contribution in [2.75, 3.05) is 67.5 Å². The molecule has 14 saturated heterocycles. The number of hydrogen-bond donors (Lipinski definition) is 8. The number of methoxy groups -OCH3 is 3. The SMILES string of the molecule is C=CCOCC1(O)CC2CC[C@H](C1)N2C(C)(C)C.CC(C)(C)N1C2CC[C@@H]1CC(CNS(=O)(=O)C1CC1)C2.CC(C)(C)N1C2CC[C@@H]1CC(O)(CCc1cccnc1)C2.CC(C)(C)N1C2CC[C@@H]1CC(O)(COCc1ccccn1)C2.COC(=O)NCC1(O)CC2CC[C@H](C1)N2C(C)(C)C.COC1(CO)CC2CC[C@H](C1)N2C(C)(C)C.COCC1(O)CC2CC[C@H](C1)N2C(C)(C)C. The first-order valence-electron chi connectivity index (χ1n) is 51.5. The second kappa shape index (κ2) is 43.6. The lowest BCUT2D eigenvalue weighted by atomic mass is 9.80. The number of hydrogen-bond acceptors (Lipinski definition) is 23. The minimum absolute atomic E-state index is 0.0890. The lowest BCUT2D eigenvalue weighted by Crippen LogP contribution is -2.60. The van der Waals surface area contributed by atoms with Gasteiger partial charge in [0.05, 0.1) is 91.3 Å². The molecule has 16 heterocycles. The van der Waals surface area contributed by atoms with Crippen LogP contribution in [0.4, 0.5) is 4.79 Å². The van der Waals surface area contributed by atoms with E-state index in [9.17, 15) is 43.9 Å². The highest BCUT2D eigenvalue weighted by molar-refractivity contribution is 7.90. The number of alkyl carbamates (subject to hydrolysis) is 1. The molecule has 14 aliphatic heterocycles. The fraction of sp³-hybridized carbons (Fsp3) is 0.877. The topological polar surface area (TPSA) is 291 Å². The molecule has 17 rings (SSSR count). The van der Waals surface area contributed by atoms with E-state index in [0.29, 0.717) is 130 Å². The second-order valence-electron chi connectivity index (χ2n) is 50.5. The van der Waals surface area contributed by atoms with Crippen molar-refractivity contribution in [3.8, 4) is 0 Å². The maximum absolute atomic E-state index is 11.9. The summed E-state index contributed by atoms with van der Waals surface area (Å²) in [6.45, 7) is 54.9. The number of amides is 1. The Balaban J connectivity index is 0.000000149. The number of rotatable bonds is 21. The van der Waals surface area contributed by atoms with E-state index >= 15 is 0 Å². The van der Waals surface area contributed by atoms with Gasteiger partial charge >= 0.3 is 6.09 Å². The van der Waals surface area contributed by atoms with Gasteiger partial charge in [-0.3, -0.25) is 44.3 Å². The van der Waals surface area contributed by atoms with Crippen LogP contribution < -0.4 is 10.0 Å². The molecule has 8 N–H and O–H groups in total. The van der Waals surface area contributed by atoms with Crippen molar-refractivity contribution in [2.45, 2.75) is 520 Å². The number of aromatic nitrogens is 2. The normalized spacial score (nSPS) is 35.9. The summed E-state index contributed by atoms with van der Waals surface area (Å²) in [7, 11) is 1.75. The zero-order valence-electron chi connectivity index (χ0n) is 86.8. The van der Waals surface area contributed by atoms with Gasteiger partial charge < -0.3 is 59.6 Å². The number of sulfonamides is 1. The minimum atomic E-state index is -3.01. The Kier molecular flexibility index (Phi) is 35.9. The quantitative estimate of drug-likeness (QED) is 0.0426. The van der Waals surface area contributed by atoms with E-state index in [2.05, 4.69) is 217 Å². The van der Waals surface area contributed by atoms with Crippen LogP contribution in [0.1, 0.15) is 356 Å². The van der Waals surface area contributed by atoms with Gasteiger partial charge in [-0.25, -0.2) is 17.9 Å². The molecule has 756 valence electrons. The molecular formula is C106H187N11O14S. The van der Waals surface area contributed by atoms with Crippen molar-refractivity contribution >= 4 is 16.1 Å². The lowest BCUT2D eigenvalue weighted by molar-refractivity contribution is -0.123. The van der Waals surface area contributed by atoms with E-state index in [4.69, 9.17) is 18.9 Å². The summed E-state index contributed by atoms with van der Waals surface area (Å²) in [5, 5.41) is 65.9. The molecule has 14 bridgehead atoms. The van der Waals surface area contributed by atoms with Crippen LogP contribution in [-0.2, 0) is 46.7 Å². The standard InChI is InChI=1S/C18H28N2O2.C18H28N2O.C15H28N2O2S.C15H27NO2.C14H26N2O3.2C13H25NO2/c1-17(2,3)20-15-7-8-16(20)11-18(21,10-15)13-22-12-14-6-4-5-9-19-14;1-17(2,3)20-15-6-7-16(20)12-18(21,11-15)9-8-14-5-4-10-19-13-14;1-15(2,3)17-12-4-5-13(17)9-11(8-12)10-16-20(18,19)14-6-7-14;1-5-8-18-11-15(17)9-12-6-7-13(10-15)16(12)14(2,3)4;1-13(2,3)16-10-5-6-11(16)8-14(18,7-10)9-15-12(17)19-4;1-12(2,3)14-10-5-6-11(14)8-13(15,7-10)9-16-4;1-12(2,3)14-10-5-6-11(14)8-13(7-10,9-15)16-4/h4-6,9,15-16,21H,7-8,10-13H2,1-3H3;4-5,10,13,15-16,21H,6-9,11-12H2,1-3H3;11-14,16H,4-10H2,1-3H3;5,12-13,17H,1,6-11H2,2-4H3;10-11,18H,5-9H2,1-4H3,(H,15,17);2*10-11,15H,5-9H2,1-4H3/t2*15-,16?,18?;11?,12-,13?;12-,13?,15?;10-,11?,14?;2*10-,11?,13?/m1111111/s1. The first kappa shape index (κ1) is 109. The van der Waals surface area contributed by atoms with Crippen LogP contribution in [0.5, 0.6) is 0 Å². The van der Waals surface area contributed by atoms with E-state index in [1.165, 1.54) is 89.7 Å². The number of fused-ring (bicyclic) bond motifs is 14. The van der Waals surface area contributed by atoms with Crippen molar-refractivity contribution in [3.05, 3.63) is 72.8 Å². The largest absolute Gasteiger partial charge is 0.453 e. The van der Waals surface area contributed by atoms with Crippen molar-refractivity contribution in [2.24, 2.45) is 5.92 Å². The third-order valence-corrected chi connectivity index (χ3v) is 34.2. The molecule has 2 aromatic heterocycles. The monoisotopic (exact) mass is 1870 g/mol. The Hall–Kier alpha value is -3.46. The maximum Gasteiger partial charge on any atom is 0.406 e. The molecule has 26 heteroatoms. The Bertz CT molecular complexity index is 3940. The molecule has 0 radical (unpaired) electrons. The summed E-state index contributed by atoms with van der Waals surface area (Å²) in [4.78, 5) is 37.9. The molecule has 1 amide bonds. The van der Waals surface area contributed by atoms with Crippen molar-refractivity contribution in [1.29, 1.82) is 0 Å². The fourth-order valence-corrected chi connectivity index (χ4v) is 30.0. The highest BCUT2D eigenvalue weighted by Crippen LogP contribution is 2.52. The van der Waals surface area contributed by atoms with Crippen molar-refractivity contribution in [3.63, 3.8) is 0 Å². The maximum atomic E-state index is 11.9. The summed E-state index contributed by atoms with van der Waals surface area (Å²) in [5.41, 5.74) is 0.167. The molecule has 15 aliphatic rings. The van der Waals surface area contributed by atoms with Crippen molar-refractivity contribution in [1.82, 2.24) is 54.3 Å². The molecule has 2 aromatic rings. The van der Waals surface area contributed by atoms with Crippen LogP contribution in [0.2, 0.25) is 0 Å². The molecule has 0 aromatic carbocycles. The van der Waals surface area contributed by atoms with Gasteiger partial charge in [0.25, 0.3) is 0 Å². The first-order valence-corrected chi connectivity index (χ1v) is 53.1. The van der Waals surface area contributed by atoms with Crippen LogP contribution in [0.15, 0.2) is 61.6 Å². The number of aryl methyl sites for hydroxylation is 1. The van der Waals surface area contributed by atoms with Crippen LogP contribution in [-0.4, -0.2) is 319 Å². The molecular weight excluding hydrogens is 1680 g/mol. The number of pyridine rings is 2. The Labute approximate surface area is 799 Å². The van der Waals surface area contributed by atoms with E-state index in [-0.39, 0.29) is 62.8 Å². The number of piperidine rings is 7. The van der Waals surface area contributed by atoms with Crippen LogP contribution in [0.25, 0.3) is 0 Å². The lowest BCUT2D eigenvalue weighted by Gasteiger charge is -2.50. The van der Waals surface area contributed by atoms with Crippen LogP contribution in [0.3, 0.4) is 0 Å². The molecule has 0 spiro atoms. The molecule has 21 atom stereocenters. The number of nitrogens with one attached hydrogen (secondary N) is 2. The molecule has 14 unspecified atom stereocenters. The molecule has 15 fully saturated rings. The number of carbonyl (C=O) groups is 1. The van der Waals surface area contributed by atoms with Gasteiger partial charge in [0.2, 0.25) is 10.0 Å². The summed E-state index contributed by atoms with van der Waals surface area (Å²) in [6.07, 6.45) is 40.1. The van der Waals surface area contributed by atoms with Gasteiger partial charge in [-0.1, -0.05) is 18.2 Å². The van der Waals surface area contributed by atoms with E-state index < -0.39 is 44.1 Å². The molecule has 132 heavy (non-hydrogen) atoms. The van der Waals surface area contributed by atoms with E-state index in [1.807, 2.05) is 30.5 Å². The Morgan fingerprint density at radius 1 is 0.455 bits per heavy atom. The van der Waals surface area contributed by atoms with Gasteiger partial charge in [-0.15, -0.1) is 6.58 Å². The summed E-state index contributed by atoms with van der Waals surface area (Å²) < 4.78 is 53.3. The van der Waals surface area contributed by atoms with Gasteiger partial charge in [-0.05, 0) is 381 Å². The van der Waals surface area contributed by atoms with Gasteiger partial charge in [0, 0.05) is 169 Å². The van der Waals surface area contributed by atoms with Crippen LogP contribution in [0, 0.1) is 5.92 Å². The predicted molar refractivity (Wildman–Crippen MR) is 528 cm³/mol. The van der Waals surface area contributed by atoms with Gasteiger partial charge in [-0.2, -0.15) is 0 Å². The molecule has 1 saturated carbocycles. The second-order valence-corrected chi connectivity index (χ2v) is 52.6. The predicted octanol–water partition coefficient (Wildman–Crippen LogP) is 15.5. The number of ether oxygens (including phenoxy) is 5. The smallest absolute Gasteiger partial charge is 0.406 e. The third kappa shape index (κ3) is 28.3. The van der Waals surface area contributed by atoms with Crippen molar-refractivity contribution < 1.29 is 67.5 Å². The fourth-order valence-electron chi connectivity index (χ4n) is 28.5. The van der Waals surface area contributed by atoms with Gasteiger partial charge in [0.15, 0.2) is 0 Å². The minimum Gasteiger partial charge on any atom is -0.453 e. The first-order chi connectivity index (χ1) is 61.4. The zero-order chi connectivity index (χ0) is 97.0. The average Bonchev–Trinajstić information content (AvgIpc) is 1.62. The average molecular weight is 1870 g/mol. The summed E-state index contributed by atoms with van der Waals surface area (Å²) >= 11 is 0. The van der Waals surface area contributed by atoms with Crippen LogP contribution >= 0.6 is 0 Å². The zero-order valence-corrected chi connectivity index (χ0v) is 87.6. The number of aliphatic hydroxyl groups excluding tert-OH is 1. The Morgan fingerprint density at radius 2 is 0.803 bits per heavy atom. The highest BCUT2D eigenvalue weighted by Gasteiger charge is 2.58. The van der Waals surface area contributed by atoms with E-state index in [0.717, 1.165) is 134 Å². The van der Waals surface area contributed by atoms with Gasteiger partial charge in [0.1, 0.15) is 0 Å². The summed E-state index contributed by atoms with van der Waals surface area (Å²) in [5.74, 6) is 0.527. The summed E-state index contributed by atoms with van der Waals surface area (Å²) in [6, 6.07) is 17.4. The number of aliphatic hydroxyl groups is 6. The molecule has 1 aliphatic carbocycles. The number of carbonyl (C=O) groups excluding carboxylic acids is 1. The number of nitrogens with zero attached hydrogens (tertiary/aromatic N) is 9. The van der Waals surface area contributed by atoms with E-state index in [1.54, 1.807) is 32.7 Å². The highest BCUT2D eigenvalue weighted by atomic mass is 32.2. The molecule has 25 nitrogen and oxygen atoms in total. The third-order valence-electron chi connectivity index (χ3n) is 32.3.